The Hall–Kier alpha value is -5.24. The summed E-state index contributed by atoms with van der Waals surface area (Å²) < 4.78 is 2.75. The molecule has 0 saturated heterocycles. The molecule has 1 heteroatoms. The molecule has 10 rings (SSSR count). The molecule has 1 aromatic heterocycles. The van der Waals surface area contributed by atoms with Gasteiger partial charge in [0.1, 0.15) is 0 Å². The molecule has 0 bridgehead atoms. The molecule has 0 atom stereocenters. The van der Waals surface area contributed by atoms with Crippen LogP contribution in [-0.4, -0.2) is 0 Å². The van der Waals surface area contributed by atoms with Crippen molar-refractivity contribution in [2.24, 2.45) is 0 Å². The third kappa shape index (κ3) is 3.55. The first-order valence-corrected chi connectivity index (χ1v) is 16.9. The van der Waals surface area contributed by atoms with E-state index in [1.165, 1.54) is 97.0 Å². The Morgan fingerprint density at radius 2 is 1.00 bits per heavy atom. The number of hydrogen-bond acceptors (Lipinski definition) is 1. The second-order valence-corrected chi connectivity index (χ2v) is 14.3. The topological polar surface area (TPSA) is 0 Å². The largest absolute Gasteiger partial charge is 0.135 e. The van der Waals surface area contributed by atoms with Gasteiger partial charge in [0, 0.05) is 31.0 Å². The normalized spacial score (nSPS) is 13.6. The van der Waals surface area contributed by atoms with Gasteiger partial charge >= 0.3 is 0 Å². The highest BCUT2D eigenvalue weighted by Gasteiger charge is 2.37. The van der Waals surface area contributed by atoms with Gasteiger partial charge in [0.2, 0.25) is 0 Å². The van der Waals surface area contributed by atoms with Gasteiger partial charge < -0.3 is 0 Å². The lowest BCUT2D eigenvalue weighted by molar-refractivity contribution is 0.661. The van der Waals surface area contributed by atoms with E-state index in [4.69, 9.17) is 0 Å². The fraction of sp³-hybridized carbons (Fsp3) is 0.0667. The maximum atomic E-state index is 2.45. The zero-order valence-corrected chi connectivity index (χ0v) is 26.6. The third-order valence-electron chi connectivity index (χ3n) is 10.5. The molecule has 8 aromatic carbocycles. The summed E-state index contributed by atoms with van der Waals surface area (Å²) in [6.45, 7) is 4.78. The first-order chi connectivity index (χ1) is 22.6. The van der Waals surface area contributed by atoms with Gasteiger partial charge in [-0.1, -0.05) is 141 Å². The van der Waals surface area contributed by atoms with Crippen molar-refractivity contribution in [2.75, 3.05) is 0 Å². The molecular formula is C45H30S. The lowest BCUT2D eigenvalue weighted by Gasteiger charge is -2.22. The summed E-state index contributed by atoms with van der Waals surface area (Å²) in [6, 6.07) is 54.4. The predicted molar refractivity (Wildman–Crippen MR) is 200 cm³/mol. The standard InChI is InChI=1S/C45H30S/c1-45(2)39-24-23-37-35(21-22-36-34-13-7-8-14-41(34)46-44(36)37)43(39)38-20-19-29(26-40(38)45)27-15-17-28(18-16-27)42-32-11-5-3-9-30(32)25-31-10-4-6-12-33(31)42/h3-26H,1-2H3. The minimum Gasteiger partial charge on any atom is -0.135 e. The highest BCUT2D eigenvalue weighted by atomic mass is 32.1. The van der Waals surface area contributed by atoms with Crippen LogP contribution in [0, 0.1) is 0 Å². The maximum absolute atomic E-state index is 2.45. The van der Waals surface area contributed by atoms with E-state index < -0.39 is 0 Å². The average molecular weight is 603 g/mol. The first-order valence-electron chi connectivity index (χ1n) is 16.1. The Kier molecular flexibility index (Phi) is 5.31. The number of thiophene rings is 1. The van der Waals surface area contributed by atoms with Crippen molar-refractivity contribution >= 4 is 63.8 Å². The fourth-order valence-corrected chi connectivity index (χ4v) is 9.39. The highest BCUT2D eigenvalue weighted by molar-refractivity contribution is 7.26. The van der Waals surface area contributed by atoms with E-state index in [1.807, 2.05) is 11.3 Å². The van der Waals surface area contributed by atoms with Crippen LogP contribution in [0.2, 0.25) is 0 Å². The van der Waals surface area contributed by atoms with Crippen molar-refractivity contribution < 1.29 is 0 Å². The summed E-state index contributed by atoms with van der Waals surface area (Å²) in [4.78, 5) is 0. The molecule has 0 spiro atoms. The molecule has 9 aromatic rings. The van der Waals surface area contributed by atoms with Crippen LogP contribution in [0.4, 0.5) is 0 Å². The van der Waals surface area contributed by atoms with Crippen LogP contribution >= 0.6 is 11.3 Å². The highest BCUT2D eigenvalue weighted by Crippen LogP contribution is 2.53. The molecule has 1 heterocycles. The second-order valence-electron chi connectivity index (χ2n) is 13.3. The summed E-state index contributed by atoms with van der Waals surface area (Å²) in [5.74, 6) is 0. The minimum atomic E-state index is -0.0776. The Labute approximate surface area is 272 Å². The lowest BCUT2D eigenvalue weighted by atomic mass is 9.81. The van der Waals surface area contributed by atoms with Crippen molar-refractivity contribution in [3.63, 3.8) is 0 Å². The molecule has 0 unspecified atom stereocenters. The summed E-state index contributed by atoms with van der Waals surface area (Å²) in [5.41, 5.74) is 10.6. The number of hydrogen-bond donors (Lipinski definition) is 0. The van der Waals surface area contributed by atoms with Crippen LogP contribution < -0.4 is 0 Å². The molecule has 0 aliphatic heterocycles. The number of fused-ring (bicyclic) bond motifs is 11. The zero-order chi connectivity index (χ0) is 30.6. The van der Waals surface area contributed by atoms with Gasteiger partial charge in [-0.3, -0.25) is 0 Å². The second kappa shape index (κ2) is 9.39. The van der Waals surface area contributed by atoms with Gasteiger partial charge in [-0.05, 0) is 89.6 Å². The third-order valence-corrected chi connectivity index (χ3v) is 11.7. The van der Waals surface area contributed by atoms with Crippen LogP contribution in [0.1, 0.15) is 25.0 Å². The van der Waals surface area contributed by atoms with E-state index in [-0.39, 0.29) is 5.41 Å². The Morgan fingerprint density at radius 3 is 1.76 bits per heavy atom. The van der Waals surface area contributed by atoms with Crippen LogP contribution in [0.5, 0.6) is 0 Å². The van der Waals surface area contributed by atoms with Gasteiger partial charge in [-0.15, -0.1) is 11.3 Å². The van der Waals surface area contributed by atoms with Crippen molar-refractivity contribution in [2.45, 2.75) is 19.3 Å². The van der Waals surface area contributed by atoms with E-state index in [2.05, 4.69) is 159 Å². The smallest absolute Gasteiger partial charge is 0.0434 e. The quantitative estimate of drug-likeness (QED) is 0.173. The molecule has 0 nitrogen and oxygen atoms in total. The molecule has 0 amide bonds. The Morgan fingerprint density at radius 1 is 0.413 bits per heavy atom. The molecule has 0 saturated carbocycles. The molecule has 0 fully saturated rings. The average Bonchev–Trinajstić information content (AvgIpc) is 3.59. The fourth-order valence-electron chi connectivity index (χ4n) is 8.16. The SMILES string of the molecule is CC1(C)c2cc(-c3ccc(-c4c5ccccc5cc5ccccc45)cc3)ccc2-c2c1ccc1c2ccc2c3ccccc3sc12. The lowest BCUT2D eigenvalue weighted by Crippen LogP contribution is -2.15. The van der Waals surface area contributed by atoms with Gasteiger partial charge in [0.25, 0.3) is 0 Å². The van der Waals surface area contributed by atoms with Crippen LogP contribution in [0.25, 0.3) is 85.9 Å². The Balaban J connectivity index is 1.10. The summed E-state index contributed by atoms with van der Waals surface area (Å²) >= 11 is 1.92. The van der Waals surface area contributed by atoms with E-state index in [0.717, 1.165) is 0 Å². The summed E-state index contributed by atoms with van der Waals surface area (Å²) in [6.07, 6.45) is 0. The summed E-state index contributed by atoms with van der Waals surface area (Å²) in [7, 11) is 0. The molecule has 216 valence electrons. The van der Waals surface area contributed by atoms with E-state index in [9.17, 15) is 0 Å². The van der Waals surface area contributed by atoms with Gasteiger partial charge in [0.15, 0.2) is 0 Å². The molecule has 0 N–H and O–H groups in total. The van der Waals surface area contributed by atoms with Crippen LogP contribution in [-0.2, 0) is 5.41 Å². The number of rotatable bonds is 2. The van der Waals surface area contributed by atoms with Crippen molar-refractivity contribution in [3.05, 3.63) is 157 Å². The maximum Gasteiger partial charge on any atom is 0.0434 e. The van der Waals surface area contributed by atoms with Crippen molar-refractivity contribution in [1.82, 2.24) is 0 Å². The van der Waals surface area contributed by atoms with Crippen molar-refractivity contribution in [3.8, 4) is 33.4 Å². The first kappa shape index (κ1) is 26.0. The molecule has 46 heavy (non-hydrogen) atoms. The van der Waals surface area contributed by atoms with Gasteiger partial charge in [-0.2, -0.15) is 0 Å². The molecule has 1 aliphatic rings. The summed E-state index contributed by atoms with van der Waals surface area (Å²) in [5, 5.41) is 10.6. The molecule has 0 radical (unpaired) electrons. The van der Waals surface area contributed by atoms with Gasteiger partial charge in [0.05, 0.1) is 0 Å². The van der Waals surface area contributed by atoms with Crippen LogP contribution in [0.15, 0.2) is 146 Å². The van der Waals surface area contributed by atoms with Crippen LogP contribution in [0.3, 0.4) is 0 Å². The van der Waals surface area contributed by atoms with Crippen molar-refractivity contribution in [1.29, 1.82) is 0 Å². The van der Waals surface area contributed by atoms with E-state index >= 15 is 0 Å². The van der Waals surface area contributed by atoms with E-state index in [1.54, 1.807) is 0 Å². The zero-order valence-electron chi connectivity index (χ0n) is 25.8. The van der Waals surface area contributed by atoms with E-state index in [0.29, 0.717) is 0 Å². The monoisotopic (exact) mass is 602 g/mol. The molecular weight excluding hydrogens is 573 g/mol. The number of benzene rings is 8. The predicted octanol–water partition coefficient (Wildman–Crippen LogP) is 13.2. The minimum absolute atomic E-state index is 0.0776. The Bertz CT molecular complexity index is 2650. The molecule has 1 aliphatic carbocycles. The van der Waals surface area contributed by atoms with Gasteiger partial charge in [-0.25, -0.2) is 0 Å².